The smallest absolute Gasteiger partial charge is 0.0273 e. The predicted molar refractivity (Wildman–Crippen MR) is 133 cm³/mol. The molecule has 2 heteroatoms. The van der Waals surface area contributed by atoms with Crippen LogP contribution in [0.5, 0.6) is 0 Å². The average Bonchev–Trinajstić information content (AvgIpc) is 2.87. The van der Waals surface area contributed by atoms with Crippen molar-refractivity contribution in [1.29, 1.82) is 0 Å². The normalized spacial score (nSPS) is 10.4. The second-order valence-corrected chi connectivity index (χ2v) is 6.97. The molecule has 4 aromatic rings. The molecule has 2 aromatic heterocycles. The van der Waals surface area contributed by atoms with Crippen LogP contribution in [0.15, 0.2) is 97.6 Å². The summed E-state index contributed by atoms with van der Waals surface area (Å²) in [5, 5.41) is 0. The van der Waals surface area contributed by atoms with E-state index < -0.39 is 0 Å². The van der Waals surface area contributed by atoms with Gasteiger partial charge in [-0.25, -0.2) is 0 Å². The van der Waals surface area contributed by atoms with Gasteiger partial charge in [-0.15, -0.1) is 0 Å². The van der Waals surface area contributed by atoms with Crippen LogP contribution in [0, 0.1) is 23.7 Å². The van der Waals surface area contributed by atoms with E-state index in [2.05, 4.69) is 58.0 Å². The van der Waals surface area contributed by atoms with Gasteiger partial charge in [0.2, 0.25) is 0 Å². The first kappa shape index (κ1) is 20.6. The summed E-state index contributed by atoms with van der Waals surface area (Å²) >= 11 is 0. The Morgan fingerprint density at radius 3 is 1.06 bits per heavy atom. The summed E-state index contributed by atoms with van der Waals surface area (Å²) in [6.07, 6.45) is 15.4. The average molecular weight is 409 g/mol. The van der Waals surface area contributed by atoms with Crippen LogP contribution in [-0.4, -0.2) is 9.97 Å². The maximum atomic E-state index is 4.02. The molecule has 0 saturated carbocycles. The number of nitrogens with zero attached hydrogens (tertiary/aromatic N) is 2. The van der Waals surface area contributed by atoms with Crippen molar-refractivity contribution in [3.63, 3.8) is 0 Å². The number of hydrogen-bond acceptors (Lipinski definition) is 2. The standard InChI is InChI=1S/C30H20N2/c1(3-25-5-9-27(10-6-25)13-15-29-17-21-31-22-18-29)2-4-26-7-11-28(12-8-26)14-16-30-19-23-32-24-20-30/h5-24H. The van der Waals surface area contributed by atoms with Crippen molar-refractivity contribution in [2.45, 2.75) is 0 Å². The van der Waals surface area contributed by atoms with Gasteiger partial charge in [0.05, 0.1) is 0 Å². The molecule has 0 aliphatic rings. The van der Waals surface area contributed by atoms with E-state index in [-0.39, 0.29) is 0 Å². The van der Waals surface area contributed by atoms with Crippen molar-refractivity contribution in [1.82, 2.24) is 9.97 Å². The zero-order valence-electron chi connectivity index (χ0n) is 17.4. The van der Waals surface area contributed by atoms with E-state index in [4.69, 9.17) is 0 Å². The van der Waals surface area contributed by atoms with E-state index in [1.54, 1.807) is 24.8 Å². The SMILES string of the molecule is C(C#Cc1ccc(C=Cc2ccncc2)cc1)#Cc1ccc(C=Cc2ccncc2)cc1. The number of benzene rings is 2. The van der Waals surface area contributed by atoms with Gasteiger partial charge >= 0.3 is 0 Å². The Morgan fingerprint density at radius 1 is 0.406 bits per heavy atom. The lowest BCUT2D eigenvalue weighted by molar-refractivity contribution is 1.32. The predicted octanol–water partition coefficient (Wildman–Crippen LogP) is 6.22. The molecule has 0 aliphatic carbocycles. The number of aromatic nitrogens is 2. The van der Waals surface area contributed by atoms with Crippen LogP contribution in [-0.2, 0) is 0 Å². The fourth-order valence-electron chi connectivity index (χ4n) is 2.90. The fourth-order valence-corrected chi connectivity index (χ4v) is 2.90. The van der Waals surface area contributed by atoms with E-state index in [1.165, 1.54) is 0 Å². The second kappa shape index (κ2) is 10.9. The quantitative estimate of drug-likeness (QED) is 0.375. The topological polar surface area (TPSA) is 25.8 Å². The lowest BCUT2D eigenvalue weighted by Crippen LogP contribution is -1.77. The number of pyridine rings is 2. The lowest BCUT2D eigenvalue weighted by Gasteiger charge is -1.95. The second-order valence-electron chi connectivity index (χ2n) is 6.97. The Morgan fingerprint density at radius 2 is 0.719 bits per heavy atom. The van der Waals surface area contributed by atoms with E-state index in [1.807, 2.05) is 72.8 Å². The molecule has 0 N–H and O–H groups in total. The molecule has 0 atom stereocenters. The Hall–Kier alpha value is -4.66. The van der Waals surface area contributed by atoms with Gasteiger partial charge in [0.1, 0.15) is 0 Å². The zero-order chi connectivity index (χ0) is 21.8. The Balaban J connectivity index is 1.34. The minimum Gasteiger partial charge on any atom is -0.265 e. The summed E-state index contributed by atoms with van der Waals surface area (Å²) in [7, 11) is 0. The molecule has 0 bridgehead atoms. The number of rotatable bonds is 4. The maximum absolute atomic E-state index is 4.02. The molecule has 0 fully saturated rings. The first-order chi connectivity index (χ1) is 15.8. The number of hydrogen-bond donors (Lipinski definition) is 0. The van der Waals surface area contributed by atoms with Crippen LogP contribution < -0.4 is 0 Å². The molecule has 150 valence electrons. The molecule has 2 heterocycles. The first-order valence-corrected chi connectivity index (χ1v) is 10.2. The van der Waals surface area contributed by atoms with Gasteiger partial charge in [-0.3, -0.25) is 9.97 Å². The van der Waals surface area contributed by atoms with Crippen LogP contribution in [0.25, 0.3) is 24.3 Å². The Bertz CT molecular complexity index is 1220. The van der Waals surface area contributed by atoms with Crippen LogP contribution in [0.3, 0.4) is 0 Å². The zero-order valence-corrected chi connectivity index (χ0v) is 17.4. The van der Waals surface area contributed by atoms with Crippen molar-refractivity contribution in [2.75, 3.05) is 0 Å². The highest BCUT2D eigenvalue weighted by Gasteiger charge is 1.91. The molecular weight excluding hydrogens is 388 g/mol. The lowest BCUT2D eigenvalue weighted by atomic mass is 10.1. The van der Waals surface area contributed by atoms with Crippen LogP contribution in [0.1, 0.15) is 33.4 Å². The molecule has 32 heavy (non-hydrogen) atoms. The summed E-state index contributed by atoms with van der Waals surface area (Å²) in [6, 6.07) is 24.1. The first-order valence-electron chi connectivity index (χ1n) is 10.2. The summed E-state index contributed by atoms with van der Waals surface area (Å²) in [5.41, 5.74) is 6.37. The Labute approximate surface area is 189 Å². The van der Waals surface area contributed by atoms with Crippen molar-refractivity contribution in [3.05, 3.63) is 131 Å². The van der Waals surface area contributed by atoms with Gasteiger partial charge in [0.15, 0.2) is 0 Å². The van der Waals surface area contributed by atoms with Crippen LogP contribution in [0.2, 0.25) is 0 Å². The molecule has 2 aromatic carbocycles. The summed E-state index contributed by atoms with van der Waals surface area (Å²) in [4.78, 5) is 8.05. The van der Waals surface area contributed by atoms with Crippen LogP contribution >= 0.6 is 0 Å². The monoisotopic (exact) mass is 408 g/mol. The van der Waals surface area contributed by atoms with Gasteiger partial charge in [0, 0.05) is 35.9 Å². The Kier molecular flexibility index (Phi) is 7.04. The molecule has 0 spiro atoms. The molecule has 0 saturated heterocycles. The molecule has 0 unspecified atom stereocenters. The maximum Gasteiger partial charge on any atom is 0.0273 e. The van der Waals surface area contributed by atoms with E-state index in [9.17, 15) is 0 Å². The van der Waals surface area contributed by atoms with E-state index >= 15 is 0 Å². The van der Waals surface area contributed by atoms with Crippen molar-refractivity contribution >= 4 is 24.3 Å². The highest BCUT2D eigenvalue weighted by atomic mass is 14.6. The highest BCUT2D eigenvalue weighted by Crippen LogP contribution is 2.10. The van der Waals surface area contributed by atoms with Crippen molar-refractivity contribution in [2.24, 2.45) is 0 Å². The molecule has 0 radical (unpaired) electrons. The largest absolute Gasteiger partial charge is 0.265 e. The third-order valence-corrected chi connectivity index (χ3v) is 4.65. The van der Waals surface area contributed by atoms with E-state index in [0.29, 0.717) is 0 Å². The third kappa shape index (κ3) is 6.42. The minimum absolute atomic E-state index is 0.942. The molecule has 0 amide bonds. The highest BCUT2D eigenvalue weighted by molar-refractivity contribution is 5.70. The van der Waals surface area contributed by atoms with Crippen LogP contribution in [0.4, 0.5) is 0 Å². The molecule has 0 aliphatic heterocycles. The minimum atomic E-state index is 0.942. The van der Waals surface area contributed by atoms with Gasteiger partial charge in [0.25, 0.3) is 0 Å². The summed E-state index contributed by atoms with van der Waals surface area (Å²) < 4.78 is 0. The fraction of sp³-hybridized carbons (Fsp3) is 0. The molecular formula is C30H20N2. The summed E-state index contributed by atoms with van der Waals surface area (Å²) in [5.74, 6) is 12.1. The molecule has 2 nitrogen and oxygen atoms in total. The van der Waals surface area contributed by atoms with Gasteiger partial charge < -0.3 is 0 Å². The third-order valence-electron chi connectivity index (χ3n) is 4.65. The van der Waals surface area contributed by atoms with Gasteiger partial charge in [-0.2, -0.15) is 0 Å². The van der Waals surface area contributed by atoms with Crippen molar-refractivity contribution in [3.8, 4) is 23.7 Å². The molecule has 4 rings (SSSR count). The van der Waals surface area contributed by atoms with Gasteiger partial charge in [-0.05, 0) is 82.6 Å². The van der Waals surface area contributed by atoms with Gasteiger partial charge in [-0.1, -0.05) is 60.4 Å². The summed E-state index contributed by atoms with van der Waals surface area (Å²) in [6.45, 7) is 0. The van der Waals surface area contributed by atoms with E-state index in [0.717, 1.165) is 33.4 Å². The van der Waals surface area contributed by atoms with Crippen molar-refractivity contribution < 1.29 is 0 Å².